The molecule has 16 heteroatoms. The highest BCUT2D eigenvalue weighted by Crippen LogP contribution is 2.38. The van der Waals surface area contributed by atoms with Crippen molar-refractivity contribution in [1.29, 1.82) is 0 Å². The Morgan fingerprint density at radius 1 is 0.847 bits per heavy atom. The van der Waals surface area contributed by atoms with Crippen LogP contribution in [0.4, 0.5) is 0 Å². The summed E-state index contributed by atoms with van der Waals surface area (Å²) in [6, 6.07) is -1.18. The number of piperidine rings is 1. The van der Waals surface area contributed by atoms with Gasteiger partial charge in [0.2, 0.25) is 5.79 Å². The van der Waals surface area contributed by atoms with Gasteiger partial charge >= 0.3 is 11.9 Å². The largest absolute Gasteiger partial charge is 0.460 e. The van der Waals surface area contributed by atoms with Crippen LogP contribution in [0.25, 0.3) is 0 Å². The minimum absolute atomic E-state index is 0.000205. The molecule has 0 unspecified atom stereocenters. The van der Waals surface area contributed by atoms with E-state index in [1.54, 1.807) is 48.0 Å². The van der Waals surface area contributed by atoms with Gasteiger partial charge in [-0.1, -0.05) is 71.1 Å². The Bertz CT molecular complexity index is 2010. The molecule has 15 atom stereocenters. The van der Waals surface area contributed by atoms with Crippen molar-refractivity contribution in [1.82, 2.24) is 4.90 Å². The number of methoxy groups -OCH3 is 3. The Balaban J connectivity index is 1.68. The minimum atomic E-state index is -2.46. The maximum Gasteiger partial charge on any atom is 0.329 e. The first kappa shape index (κ1) is 60.4. The molecule has 3 heterocycles. The third-order valence-corrected chi connectivity index (χ3v) is 15.4. The summed E-state index contributed by atoms with van der Waals surface area (Å²) >= 11 is 0. The average Bonchev–Trinajstić information content (AvgIpc) is 3.35. The van der Waals surface area contributed by atoms with Gasteiger partial charge in [-0.25, -0.2) is 4.79 Å². The quantitative estimate of drug-likeness (QED) is 0.127. The van der Waals surface area contributed by atoms with Crippen molar-refractivity contribution in [2.45, 2.75) is 200 Å². The number of aliphatic hydroxyl groups is 2. The van der Waals surface area contributed by atoms with E-state index in [4.69, 9.17) is 28.4 Å². The zero-order valence-electron chi connectivity index (χ0n) is 44.8. The van der Waals surface area contributed by atoms with Crippen molar-refractivity contribution in [2.75, 3.05) is 27.9 Å². The number of cyclic esters (lactones) is 1. The predicted molar refractivity (Wildman–Crippen MR) is 269 cm³/mol. The van der Waals surface area contributed by atoms with Gasteiger partial charge in [-0.3, -0.25) is 24.0 Å². The Morgan fingerprint density at radius 3 is 2.24 bits per heavy atom. The van der Waals surface area contributed by atoms with Crippen LogP contribution in [-0.2, 0) is 62.0 Å². The number of ether oxygens (including phenoxy) is 6. The van der Waals surface area contributed by atoms with Crippen molar-refractivity contribution in [2.24, 2.45) is 35.5 Å². The molecule has 1 aliphatic carbocycles. The Labute approximate surface area is 427 Å². The summed E-state index contributed by atoms with van der Waals surface area (Å²) in [6.45, 7) is 14.0. The molecule has 0 spiro atoms. The minimum Gasteiger partial charge on any atom is -0.460 e. The fraction of sp³-hybridized carbons (Fsp3) is 0.732. The Hall–Kier alpha value is -4.19. The molecule has 4 aliphatic rings. The van der Waals surface area contributed by atoms with E-state index < -0.39 is 102 Å². The van der Waals surface area contributed by atoms with E-state index in [9.17, 15) is 43.8 Å². The van der Waals surface area contributed by atoms with Gasteiger partial charge < -0.3 is 48.3 Å². The van der Waals surface area contributed by atoms with Crippen molar-refractivity contribution >= 4 is 41.0 Å². The molecular formula is C56H85NO15. The number of hydrogen-bond acceptors (Lipinski definition) is 15. The van der Waals surface area contributed by atoms with Crippen LogP contribution in [0.15, 0.2) is 47.6 Å². The van der Waals surface area contributed by atoms with E-state index in [0.717, 1.165) is 5.57 Å². The number of amides is 1. The Kier molecular flexibility index (Phi) is 23.9. The fourth-order valence-corrected chi connectivity index (χ4v) is 10.7. The van der Waals surface area contributed by atoms with Crippen LogP contribution >= 0.6 is 0 Å². The van der Waals surface area contributed by atoms with Crippen LogP contribution in [0.2, 0.25) is 0 Å². The number of ketones is 4. The molecule has 1 saturated carbocycles. The van der Waals surface area contributed by atoms with Crippen LogP contribution in [-0.4, -0.2) is 139 Å². The normalized spacial score (nSPS) is 36.3. The van der Waals surface area contributed by atoms with E-state index in [2.05, 4.69) is 0 Å². The van der Waals surface area contributed by atoms with E-state index in [1.807, 2.05) is 51.2 Å². The molecular weight excluding hydrogens is 927 g/mol. The second kappa shape index (κ2) is 28.5. The molecule has 0 aromatic heterocycles. The number of carbonyl (C=O) groups is 7. The number of carbonyl (C=O) groups excluding carboxylic acids is 7. The number of aliphatic hydroxyl groups excluding tert-OH is 1. The van der Waals surface area contributed by atoms with Gasteiger partial charge in [-0.2, -0.15) is 0 Å². The number of allylic oxidation sites excluding steroid dienone is 6. The zero-order chi connectivity index (χ0) is 53.4. The van der Waals surface area contributed by atoms with Gasteiger partial charge in [0, 0.05) is 64.9 Å². The molecule has 0 aromatic rings. The first-order valence-electron chi connectivity index (χ1n) is 26.2. The van der Waals surface area contributed by atoms with Gasteiger partial charge in [0.05, 0.1) is 24.7 Å². The van der Waals surface area contributed by atoms with Crippen molar-refractivity contribution in [3.05, 3.63) is 47.6 Å². The third kappa shape index (κ3) is 16.7. The van der Waals surface area contributed by atoms with Gasteiger partial charge in [-0.05, 0) is 114 Å². The molecule has 1 amide bonds. The van der Waals surface area contributed by atoms with Crippen LogP contribution < -0.4 is 0 Å². The Morgan fingerprint density at radius 2 is 1.57 bits per heavy atom. The van der Waals surface area contributed by atoms with Crippen molar-refractivity contribution in [3.63, 3.8) is 0 Å². The summed E-state index contributed by atoms with van der Waals surface area (Å²) in [5.41, 5.74) is 1.23. The molecule has 2 N–H and O–H groups in total. The average molecular weight is 1010 g/mol. The molecule has 4 rings (SSSR count). The third-order valence-electron chi connectivity index (χ3n) is 15.4. The van der Waals surface area contributed by atoms with Crippen LogP contribution in [0.5, 0.6) is 0 Å². The molecule has 0 radical (unpaired) electrons. The highest BCUT2D eigenvalue weighted by molar-refractivity contribution is 6.39. The smallest absolute Gasteiger partial charge is 0.329 e. The lowest BCUT2D eigenvalue weighted by Gasteiger charge is -2.42. The zero-order valence-corrected chi connectivity index (χ0v) is 44.8. The number of hydrogen-bond donors (Lipinski definition) is 2. The maximum absolute atomic E-state index is 14.5. The second-order valence-electron chi connectivity index (χ2n) is 21.3. The summed E-state index contributed by atoms with van der Waals surface area (Å²) in [5.74, 6) is -8.99. The SMILES string of the molecule is CO[C@H]1C[C@@H]2CC[C@@H](C)[C@@](O)(O2)C(=O)C(=O)N2CCCC[C@H]2C(=O)O[C@H]([C@H](C)C[C@@H]2CC[C@@H](OC(=O)CCC(C)=O)[C@H](OC)C2)CC(=O)[C@H](C)/C=C(\C)[C@@H](O)[C@@H](OC)C(=O)[C@H](C)C[C@H](C)/C=C/C=CC=C1C. The van der Waals surface area contributed by atoms with E-state index in [1.165, 1.54) is 18.9 Å². The molecule has 3 fully saturated rings. The number of Topliss-reactive ketones (excluding diaryl/α,β-unsaturated/α-hetero) is 4. The highest BCUT2D eigenvalue weighted by Gasteiger charge is 2.53. The van der Waals surface area contributed by atoms with Crippen LogP contribution in [0, 0.1) is 35.5 Å². The van der Waals surface area contributed by atoms with Crippen molar-refractivity contribution < 1.29 is 72.2 Å². The number of esters is 2. The first-order valence-corrected chi connectivity index (χ1v) is 26.2. The standard InChI is InChI=1S/C56H85NO15/c1-33-17-13-12-14-18-34(2)46(67-9)31-42-23-20-39(7)56(66,72-42)53(63)54(64)57-26-16-15-19-43(57)55(65)71-47(32-44(59)35(3)28-38(6)51(62)52(69-11)50(61)37(5)27-33)36(4)29-41-22-24-45(48(30-41)68-10)70-49(60)25-21-40(8)58/h12-14,17-18,28,33,35-37,39,41-43,45-48,51-52,62,66H,15-16,19-27,29-32H2,1-11H3/b14-12?,17-13+,34-18?,38-28+/t33-,35-,36-,37-,39-,41+,42+,43+,45-,46+,47+,48-,51-,52+,56-/m1/s1. The van der Waals surface area contributed by atoms with E-state index in [0.29, 0.717) is 69.8 Å². The predicted octanol–water partition coefficient (Wildman–Crippen LogP) is 7.10. The molecule has 0 aromatic carbocycles. The summed E-state index contributed by atoms with van der Waals surface area (Å²) in [7, 11) is 4.48. The summed E-state index contributed by atoms with van der Waals surface area (Å²) in [4.78, 5) is 96.4. The number of fused-ring (bicyclic) bond motifs is 3. The van der Waals surface area contributed by atoms with Gasteiger partial charge in [-0.15, -0.1) is 0 Å². The van der Waals surface area contributed by atoms with E-state index in [-0.39, 0.29) is 61.4 Å². The van der Waals surface area contributed by atoms with Crippen molar-refractivity contribution in [3.8, 4) is 0 Å². The molecule has 16 nitrogen and oxygen atoms in total. The molecule has 72 heavy (non-hydrogen) atoms. The van der Waals surface area contributed by atoms with E-state index >= 15 is 0 Å². The molecule has 3 aliphatic heterocycles. The summed E-state index contributed by atoms with van der Waals surface area (Å²) < 4.78 is 35.4. The summed E-state index contributed by atoms with van der Waals surface area (Å²) in [5, 5.41) is 23.5. The van der Waals surface area contributed by atoms with Gasteiger partial charge in [0.15, 0.2) is 5.78 Å². The number of nitrogens with zero attached hydrogens (tertiary/aromatic N) is 1. The fourth-order valence-electron chi connectivity index (χ4n) is 10.7. The monoisotopic (exact) mass is 1010 g/mol. The lowest BCUT2D eigenvalue weighted by molar-refractivity contribution is -0.265. The summed E-state index contributed by atoms with van der Waals surface area (Å²) in [6.07, 6.45) is 10.5. The van der Waals surface area contributed by atoms with Gasteiger partial charge in [0.1, 0.15) is 42.0 Å². The van der Waals surface area contributed by atoms with Gasteiger partial charge in [0.25, 0.3) is 11.7 Å². The van der Waals surface area contributed by atoms with Crippen LogP contribution in [0.3, 0.4) is 0 Å². The first-order chi connectivity index (χ1) is 34.0. The molecule has 2 saturated heterocycles. The maximum atomic E-state index is 14.5. The topological polar surface area (TPSA) is 219 Å². The molecule has 2 bridgehead atoms. The highest BCUT2D eigenvalue weighted by atomic mass is 16.6. The second-order valence-corrected chi connectivity index (χ2v) is 21.3. The molecule has 404 valence electrons. The lowest BCUT2D eigenvalue weighted by atomic mass is 9.78. The number of rotatable bonds is 10. The van der Waals surface area contributed by atoms with Crippen LogP contribution in [0.1, 0.15) is 145 Å². The lowest BCUT2D eigenvalue weighted by Crippen LogP contribution is -2.61.